The number of nitrogens with two attached hydrogens (primary N) is 1. The Kier molecular flexibility index (Phi) is 3.17. The number of hydrogen-bond donors (Lipinski definition) is 2. The van der Waals surface area contributed by atoms with Gasteiger partial charge in [-0.3, -0.25) is 0 Å². The molecule has 84 valence electrons. The van der Waals surface area contributed by atoms with Crippen LogP contribution in [0.3, 0.4) is 0 Å². The zero-order valence-electron chi connectivity index (χ0n) is 8.30. The lowest BCUT2D eigenvalue weighted by Crippen LogP contribution is -2.18. The van der Waals surface area contributed by atoms with Gasteiger partial charge in [-0.2, -0.15) is 0 Å². The summed E-state index contributed by atoms with van der Waals surface area (Å²) in [6.45, 7) is 0.663. The highest BCUT2D eigenvalue weighted by Crippen LogP contribution is 2.22. The summed E-state index contributed by atoms with van der Waals surface area (Å²) in [5.74, 6) is 0.104. The van der Waals surface area contributed by atoms with Crippen LogP contribution in [-0.4, -0.2) is 15.6 Å². The largest absolute Gasteiger partial charge is 0.409 e. The van der Waals surface area contributed by atoms with E-state index < -0.39 is 0 Å². The van der Waals surface area contributed by atoms with Crippen molar-refractivity contribution in [1.29, 1.82) is 0 Å². The number of hydrogen-bond acceptors (Lipinski definition) is 3. The monoisotopic (exact) mass is 255 g/mol. The van der Waals surface area contributed by atoms with Gasteiger partial charge in [-0.05, 0) is 24.3 Å². The van der Waals surface area contributed by atoms with Crippen molar-refractivity contribution in [2.75, 3.05) is 0 Å². The van der Waals surface area contributed by atoms with Gasteiger partial charge in [0.1, 0.15) is 0 Å². The highest BCUT2D eigenvalue weighted by Gasteiger charge is 2.07. The molecule has 2 heterocycles. The summed E-state index contributed by atoms with van der Waals surface area (Å²) in [7, 11) is 0. The van der Waals surface area contributed by atoms with Crippen molar-refractivity contribution in [2.24, 2.45) is 10.9 Å². The number of oxime groups is 1. The summed E-state index contributed by atoms with van der Waals surface area (Å²) in [6, 6.07) is 7.46. The molecule has 2 aromatic rings. The standard InChI is InChI=1S/C10H10ClN3OS/c11-9-4-3-7(16-9)6-14-5-1-2-8(14)10(12)13-15/h1-5,15H,6H2,(H2,12,13). The average molecular weight is 256 g/mol. The number of rotatable bonds is 3. The van der Waals surface area contributed by atoms with Crippen LogP contribution in [0, 0.1) is 0 Å². The van der Waals surface area contributed by atoms with Gasteiger partial charge in [-0.15, -0.1) is 11.3 Å². The molecule has 0 fully saturated rings. The van der Waals surface area contributed by atoms with Crippen molar-refractivity contribution in [3.63, 3.8) is 0 Å². The third kappa shape index (κ3) is 2.20. The summed E-state index contributed by atoms with van der Waals surface area (Å²) in [5, 5.41) is 11.6. The van der Waals surface area contributed by atoms with E-state index in [2.05, 4.69) is 5.16 Å². The van der Waals surface area contributed by atoms with E-state index in [0.29, 0.717) is 12.2 Å². The molecule has 0 saturated carbocycles. The molecule has 0 aliphatic rings. The van der Waals surface area contributed by atoms with Gasteiger partial charge < -0.3 is 15.5 Å². The van der Waals surface area contributed by atoms with Crippen molar-refractivity contribution in [3.8, 4) is 0 Å². The fourth-order valence-electron chi connectivity index (χ4n) is 1.44. The Morgan fingerprint density at radius 2 is 2.31 bits per heavy atom. The van der Waals surface area contributed by atoms with Crippen LogP contribution in [0.15, 0.2) is 35.6 Å². The molecule has 0 saturated heterocycles. The molecule has 3 N–H and O–H groups in total. The van der Waals surface area contributed by atoms with Gasteiger partial charge in [0.15, 0.2) is 5.84 Å². The van der Waals surface area contributed by atoms with Gasteiger partial charge in [0.05, 0.1) is 16.6 Å². The number of thiophene rings is 1. The predicted octanol–water partition coefficient (Wildman–Crippen LogP) is 2.35. The zero-order chi connectivity index (χ0) is 11.5. The lowest BCUT2D eigenvalue weighted by Gasteiger charge is -2.05. The summed E-state index contributed by atoms with van der Waals surface area (Å²) in [5.41, 5.74) is 6.24. The number of aromatic nitrogens is 1. The first-order chi connectivity index (χ1) is 7.70. The van der Waals surface area contributed by atoms with Gasteiger partial charge in [0.25, 0.3) is 0 Å². The lowest BCUT2D eigenvalue weighted by molar-refractivity contribution is 0.318. The van der Waals surface area contributed by atoms with E-state index in [4.69, 9.17) is 22.5 Å². The lowest BCUT2D eigenvalue weighted by atomic mass is 10.4. The van der Waals surface area contributed by atoms with Gasteiger partial charge in [0, 0.05) is 11.1 Å². The maximum atomic E-state index is 8.63. The predicted molar refractivity (Wildman–Crippen MR) is 65.4 cm³/mol. The SMILES string of the molecule is N/C(=N/O)c1cccn1Cc1ccc(Cl)s1. The first kappa shape index (κ1) is 11.0. The van der Waals surface area contributed by atoms with Crippen LogP contribution in [0.1, 0.15) is 10.6 Å². The quantitative estimate of drug-likeness (QED) is 0.383. The molecule has 0 atom stereocenters. The van der Waals surface area contributed by atoms with Crippen molar-refractivity contribution < 1.29 is 5.21 Å². The van der Waals surface area contributed by atoms with Crippen LogP contribution < -0.4 is 5.73 Å². The molecule has 0 spiro atoms. The molecule has 4 nitrogen and oxygen atoms in total. The summed E-state index contributed by atoms with van der Waals surface area (Å²) >= 11 is 7.37. The van der Waals surface area contributed by atoms with E-state index in [1.54, 1.807) is 6.07 Å². The van der Waals surface area contributed by atoms with Gasteiger partial charge in [0.2, 0.25) is 0 Å². The highest BCUT2D eigenvalue weighted by atomic mass is 35.5. The molecule has 0 amide bonds. The maximum Gasteiger partial charge on any atom is 0.186 e. The minimum atomic E-state index is 0.104. The van der Waals surface area contributed by atoms with Crippen LogP contribution in [-0.2, 0) is 6.54 Å². The molecule has 0 aromatic carbocycles. The number of halogens is 1. The van der Waals surface area contributed by atoms with E-state index in [-0.39, 0.29) is 5.84 Å². The number of nitrogens with zero attached hydrogens (tertiary/aromatic N) is 2. The molecule has 0 unspecified atom stereocenters. The smallest absolute Gasteiger partial charge is 0.186 e. The zero-order valence-corrected chi connectivity index (χ0v) is 9.87. The minimum absolute atomic E-state index is 0.104. The van der Waals surface area contributed by atoms with Crippen molar-refractivity contribution in [3.05, 3.63) is 45.4 Å². The van der Waals surface area contributed by atoms with Gasteiger partial charge in [-0.1, -0.05) is 16.8 Å². The molecule has 0 radical (unpaired) electrons. The van der Waals surface area contributed by atoms with E-state index in [1.807, 2.05) is 29.0 Å². The number of amidine groups is 1. The van der Waals surface area contributed by atoms with Crippen LogP contribution in [0.4, 0.5) is 0 Å². The van der Waals surface area contributed by atoms with Gasteiger partial charge >= 0.3 is 0 Å². The van der Waals surface area contributed by atoms with Gasteiger partial charge in [-0.25, -0.2) is 0 Å². The first-order valence-electron chi connectivity index (χ1n) is 4.58. The second kappa shape index (κ2) is 4.59. The molecular weight excluding hydrogens is 246 g/mol. The molecule has 0 aliphatic carbocycles. The molecule has 0 aliphatic heterocycles. The Labute approximate surface area is 102 Å². The van der Waals surface area contributed by atoms with Crippen LogP contribution in [0.5, 0.6) is 0 Å². The van der Waals surface area contributed by atoms with Crippen molar-refractivity contribution in [2.45, 2.75) is 6.54 Å². The molecule has 16 heavy (non-hydrogen) atoms. The second-order valence-corrected chi connectivity index (χ2v) is 5.01. The van der Waals surface area contributed by atoms with Crippen molar-refractivity contribution >= 4 is 28.8 Å². The molecule has 2 rings (SSSR count). The first-order valence-corrected chi connectivity index (χ1v) is 5.77. The summed E-state index contributed by atoms with van der Waals surface area (Å²) in [6.07, 6.45) is 1.88. The normalized spacial score (nSPS) is 11.9. The van der Waals surface area contributed by atoms with Crippen LogP contribution >= 0.6 is 22.9 Å². The van der Waals surface area contributed by atoms with Crippen molar-refractivity contribution in [1.82, 2.24) is 4.57 Å². The van der Waals surface area contributed by atoms with Crippen LogP contribution in [0.25, 0.3) is 0 Å². The average Bonchev–Trinajstić information content (AvgIpc) is 2.87. The Morgan fingerprint density at radius 1 is 1.50 bits per heavy atom. The third-order valence-corrected chi connectivity index (χ3v) is 3.37. The topological polar surface area (TPSA) is 63.5 Å². The van der Waals surface area contributed by atoms with E-state index >= 15 is 0 Å². The minimum Gasteiger partial charge on any atom is -0.409 e. The Bertz CT molecular complexity index is 518. The van der Waals surface area contributed by atoms with E-state index in [9.17, 15) is 0 Å². The fourth-order valence-corrected chi connectivity index (χ4v) is 2.53. The molecule has 2 aromatic heterocycles. The molecular formula is C10H10ClN3OS. The maximum absolute atomic E-state index is 8.63. The van der Waals surface area contributed by atoms with Crippen LogP contribution in [0.2, 0.25) is 4.34 Å². The molecule has 6 heteroatoms. The third-order valence-electron chi connectivity index (χ3n) is 2.15. The summed E-state index contributed by atoms with van der Waals surface area (Å²) < 4.78 is 2.66. The summed E-state index contributed by atoms with van der Waals surface area (Å²) in [4.78, 5) is 1.12. The second-order valence-electron chi connectivity index (χ2n) is 3.21. The highest BCUT2D eigenvalue weighted by molar-refractivity contribution is 7.16. The molecule has 0 bridgehead atoms. The fraction of sp³-hybridized carbons (Fsp3) is 0.100. The van der Waals surface area contributed by atoms with E-state index in [0.717, 1.165) is 9.21 Å². The Balaban J connectivity index is 2.25. The van der Waals surface area contributed by atoms with E-state index in [1.165, 1.54) is 11.3 Å². The Hall–Kier alpha value is -1.46. The Morgan fingerprint density at radius 3 is 2.94 bits per heavy atom.